The van der Waals surface area contributed by atoms with Crippen molar-refractivity contribution in [2.24, 2.45) is 0 Å². The van der Waals surface area contributed by atoms with Gasteiger partial charge in [-0.3, -0.25) is 4.84 Å². The maximum absolute atomic E-state index is 5.58. The molecule has 0 spiro atoms. The topological polar surface area (TPSA) is 22.2 Å². The van der Waals surface area contributed by atoms with Gasteiger partial charge in [-0.05, 0) is 7.05 Å². The molecule has 0 aromatic heterocycles. The fourth-order valence-corrected chi connectivity index (χ4v) is 1.47. The zero-order valence-electron chi connectivity index (χ0n) is 10.4. The quantitative estimate of drug-likeness (QED) is 0.547. The van der Waals surface area contributed by atoms with E-state index in [-0.39, 0.29) is 0 Å². The molecule has 1 saturated heterocycles. The summed E-state index contributed by atoms with van der Waals surface area (Å²) < 4.78 is 0. The van der Waals surface area contributed by atoms with Crippen molar-refractivity contribution in [3.05, 3.63) is 0 Å². The van der Waals surface area contributed by atoms with Crippen LogP contribution in [0.4, 0.5) is 0 Å². The Balaban J connectivity index is 2.44. The predicted octanol–water partition coefficient (Wildman–Crippen LogP) is -0.426. The number of hydrogen-bond donors (Lipinski definition) is 0. The van der Waals surface area contributed by atoms with Crippen LogP contribution in [0.3, 0.4) is 0 Å². The van der Waals surface area contributed by atoms with Crippen molar-refractivity contribution in [3.63, 3.8) is 0 Å². The van der Waals surface area contributed by atoms with E-state index in [9.17, 15) is 0 Å². The molecular weight excluding hydrogens is 192 g/mol. The molecule has 1 fully saturated rings. The molecule has 0 amide bonds. The largest absolute Gasteiger partial charge is 0.304 e. The van der Waals surface area contributed by atoms with Crippen LogP contribution in [0.5, 0.6) is 0 Å². The van der Waals surface area contributed by atoms with Crippen molar-refractivity contribution < 1.29 is 4.84 Å². The molecule has 0 aromatic carbocycles. The summed E-state index contributed by atoms with van der Waals surface area (Å²) in [6, 6.07) is 0. The first-order valence-corrected chi connectivity index (χ1v) is 5.54. The summed E-state index contributed by atoms with van der Waals surface area (Å²) in [5.41, 5.74) is 0. The van der Waals surface area contributed by atoms with E-state index in [1.54, 1.807) is 0 Å². The lowest BCUT2D eigenvalue weighted by Gasteiger charge is -2.28. The summed E-state index contributed by atoms with van der Waals surface area (Å²) in [6.45, 7) is 5.86. The van der Waals surface area contributed by atoms with Crippen LogP contribution in [-0.2, 0) is 4.84 Å². The Hall–Kier alpha value is -0.200. The van der Waals surface area contributed by atoms with Gasteiger partial charge in [0.2, 0.25) is 0 Å². The zero-order valence-corrected chi connectivity index (χ0v) is 10.4. The van der Waals surface area contributed by atoms with Gasteiger partial charge in [0.05, 0.1) is 6.61 Å². The third kappa shape index (κ3) is 4.90. The molecule has 0 aliphatic carbocycles. The first-order valence-electron chi connectivity index (χ1n) is 5.54. The smallest absolute Gasteiger partial charge is 0.0826 e. The Morgan fingerprint density at radius 1 is 0.733 bits per heavy atom. The summed E-state index contributed by atoms with van der Waals surface area (Å²) in [5.74, 6) is 0. The van der Waals surface area contributed by atoms with Crippen molar-refractivity contribution in [2.45, 2.75) is 0 Å². The van der Waals surface area contributed by atoms with Crippen molar-refractivity contribution in [3.8, 4) is 0 Å². The monoisotopic (exact) mass is 216 g/mol. The van der Waals surface area contributed by atoms with Gasteiger partial charge >= 0.3 is 0 Å². The minimum Gasteiger partial charge on any atom is -0.304 e. The Labute approximate surface area is 93.1 Å². The van der Waals surface area contributed by atoms with E-state index in [4.69, 9.17) is 4.84 Å². The van der Waals surface area contributed by atoms with Crippen LogP contribution < -0.4 is 0 Å². The zero-order chi connectivity index (χ0) is 11.3. The summed E-state index contributed by atoms with van der Waals surface area (Å²) in [5, 5.41) is 6.37. The fourth-order valence-electron chi connectivity index (χ4n) is 1.47. The van der Waals surface area contributed by atoms with Gasteiger partial charge in [0.25, 0.3) is 0 Å². The van der Waals surface area contributed by atoms with Crippen molar-refractivity contribution in [2.75, 3.05) is 67.5 Å². The molecule has 0 aromatic rings. The molecule has 1 rings (SSSR count). The van der Waals surface area contributed by atoms with E-state index < -0.39 is 0 Å². The molecule has 1 aliphatic rings. The third-order valence-electron chi connectivity index (χ3n) is 2.91. The van der Waals surface area contributed by atoms with E-state index in [2.05, 4.69) is 36.1 Å². The highest BCUT2D eigenvalue weighted by atomic mass is 16.7. The molecule has 0 atom stereocenters. The second kappa shape index (κ2) is 6.40. The molecule has 90 valence electrons. The van der Waals surface area contributed by atoms with Crippen LogP contribution in [-0.4, -0.2) is 87.5 Å². The van der Waals surface area contributed by atoms with E-state index in [0.717, 1.165) is 39.3 Å². The lowest BCUT2D eigenvalue weighted by Crippen LogP contribution is -2.42. The molecule has 5 heteroatoms. The Kier molecular flexibility index (Phi) is 5.49. The van der Waals surface area contributed by atoms with Gasteiger partial charge in [-0.25, -0.2) is 10.0 Å². The molecule has 15 heavy (non-hydrogen) atoms. The number of nitrogens with zero attached hydrogens (tertiary/aromatic N) is 4. The molecule has 0 unspecified atom stereocenters. The van der Waals surface area contributed by atoms with Gasteiger partial charge < -0.3 is 4.90 Å². The Morgan fingerprint density at radius 2 is 1.33 bits per heavy atom. The molecule has 1 heterocycles. The maximum Gasteiger partial charge on any atom is 0.0826 e. The van der Waals surface area contributed by atoms with E-state index in [1.165, 1.54) is 0 Å². The molecule has 1 aliphatic heterocycles. The molecule has 0 bridgehead atoms. The molecule has 0 saturated carbocycles. The second-order valence-corrected chi connectivity index (χ2v) is 4.25. The fraction of sp³-hybridized carbons (Fsp3) is 1.00. The number of likely N-dealkylation sites (N-methyl/N-ethyl adjacent to an activating group) is 4. The van der Waals surface area contributed by atoms with Gasteiger partial charge in [-0.2, -0.15) is 5.06 Å². The Morgan fingerprint density at radius 3 is 2.07 bits per heavy atom. The van der Waals surface area contributed by atoms with Gasteiger partial charge in [-0.15, -0.1) is 0 Å². The standard InChI is InChI=1S/C10H24N4O/c1-11-5-7-12(2)13(3)9-10-15-14(4)8-6-11/h5-10H2,1-4H3. The van der Waals surface area contributed by atoms with Crippen molar-refractivity contribution in [1.29, 1.82) is 0 Å². The highest BCUT2D eigenvalue weighted by molar-refractivity contribution is 4.58. The highest BCUT2D eigenvalue weighted by Crippen LogP contribution is 1.96. The second-order valence-electron chi connectivity index (χ2n) is 4.25. The van der Waals surface area contributed by atoms with E-state index in [1.807, 2.05) is 12.1 Å². The summed E-state index contributed by atoms with van der Waals surface area (Å²) >= 11 is 0. The first kappa shape index (κ1) is 12.9. The molecular formula is C10H24N4O. The van der Waals surface area contributed by atoms with E-state index in [0.29, 0.717) is 0 Å². The lowest BCUT2D eigenvalue weighted by molar-refractivity contribution is -0.149. The van der Waals surface area contributed by atoms with E-state index >= 15 is 0 Å². The van der Waals surface area contributed by atoms with Crippen LogP contribution in [0.25, 0.3) is 0 Å². The van der Waals surface area contributed by atoms with Crippen molar-refractivity contribution >= 4 is 0 Å². The third-order valence-corrected chi connectivity index (χ3v) is 2.91. The van der Waals surface area contributed by atoms with Crippen LogP contribution >= 0.6 is 0 Å². The average Bonchev–Trinajstić information content (AvgIpc) is 2.23. The average molecular weight is 216 g/mol. The number of hydrazine groups is 1. The summed E-state index contributed by atoms with van der Waals surface area (Å²) in [6.07, 6.45) is 0. The summed E-state index contributed by atoms with van der Waals surface area (Å²) in [7, 11) is 8.37. The van der Waals surface area contributed by atoms with Gasteiger partial charge in [-0.1, -0.05) is 0 Å². The van der Waals surface area contributed by atoms with Crippen molar-refractivity contribution in [1.82, 2.24) is 20.0 Å². The van der Waals surface area contributed by atoms with Crippen LogP contribution in [0.1, 0.15) is 0 Å². The summed E-state index contributed by atoms with van der Waals surface area (Å²) in [4.78, 5) is 7.91. The van der Waals surface area contributed by atoms with Crippen LogP contribution in [0.2, 0.25) is 0 Å². The molecule has 0 N–H and O–H groups in total. The maximum atomic E-state index is 5.58. The number of hydroxylamine groups is 2. The molecule has 5 nitrogen and oxygen atoms in total. The highest BCUT2D eigenvalue weighted by Gasteiger charge is 2.10. The minimum absolute atomic E-state index is 0.751. The van der Waals surface area contributed by atoms with Gasteiger partial charge in [0, 0.05) is 53.9 Å². The van der Waals surface area contributed by atoms with Crippen LogP contribution in [0, 0.1) is 0 Å². The van der Waals surface area contributed by atoms with Crippen LogP contribution in [0.15, 0.2) is 0 Å². The Bertz CT molecular complexity index is 179. The number of hydrogen-bond acceptors (Lipinski definition) is 5. The lowest BCUT2D eigenvalue weighted by atomic mass is 10.5. The first-order chi connectivity index (χ1) is 7.09. The predicted molar refractivity (Wildman–Crippen MR) is 61.3 cm³/mol. The minimum atomic E-state index is 0.751. The molecule has 0 radical (unpaired) electrons. The SMILES string of the molecule is CN1CCN(C)OCCN(C)N(C)CC1. The van der Waals surface area contributed by atoms with Gasteiger partial charge in [0.1, 0.15) is 0 Å². The number of rotatable bonds is 0. The van der Waals surface area contributed by atoms with Gasteiger partial charge in [0.15, 0.2) is 0 Å². The normalized spacial score (nSPS) is 26.4.